The fourth-order valence-electron chi connectivity index (χ4n) is 5.82. The maximum atomic E-state index is 13.1. The van der Waals surface area contributed by atoms with Gasteiger partial charge in [0.1, 0.15) is 18.9 Å². The molecule has 0 fully saturated rings. The van der Waals surface area contributed by atoms with Gasteiger partial charge in [-0.3, -0.25) is 23.5 Å². The average molecular weight is 559 g/mol. The summed E-state index contributed by atoms with van der Waals surface area (Å²) in [6.07, 6.45) is 2.75. The number of benzene rings is 2. The maximum Gasteiger partial charge on any atom is 0.330 e. The summed E-state index contributed by atoms with van der Waals surface area (Å²) in [5.41, 5.74) is 4.09. The lowest BCUT2D eigenvalue weighted by Gasteiger charge is -2.20. The van der Waals surface area contributed by atoms with Crippen molar-refractivity contribution in [2.75, 3.05) is 16.0 Å². The van der Waals surface area contributed by atoms with Crippen molar-refractivity contribution in [3.05, 3.63) is 80.3 Å². The van der Waals surface area contributed by atoms with E-state index in [1.807, 2.05) is 30.3 Å². The van der Waals surface area contributed by atoms with Crippen molar-refractivity contribution in [3.8, 4) is 0 Å². The van der Waals surface area contributed by atoms with Gasteiger partial charge in [-0.15, -0.1) is 0 Å². The van der Waals surface area contributed by atoms with Crippen LogP contribution in [0, 0.1) is 0 Å². The Kier molecular flexibility index (Phi) is 4.53. The van der Waals surface area contributed by atoms with Gasteiger partial charge in [-0.25, -0.2) is 9.78 Å². The second-order valence-corrected chi connectivity index (χ2v) is 10.5. The van der Waals surface area contributed by atoms with Crippen molar-refractivity contribution in [3.63, 3.8) is 0 Å². The molecule has 0 radical (unpaired) electrons. The van der Waals surface area contributed by atoms with E-state index < -0.39 is 11.1 Å². The molecule has 184 valence electrons. The van der Waals surface area contributed by atoms with Crippen LogP contribution in [-0.2, 0) is 45.7 Å². The van der Waals surface area contributed by atoms with Gasteiger partial charge < -0.3 is 16.0 Å². The number of carbonyl (C=O) groups excluding carboxylic acids is 3. The van der Waals surface area contributed by atoms with E-state index in [0.717, 1.165) is 16.7 Å². The molecule has 37 heavy (non-hydrogen) atoms. The van der Waals surface area contributed by atoms with Gasteiger partial charge in [0, 0.05) is 21.9 Å². The summed E-state index contributed by atoms with van der Waals surface area (Å²) in [5.74, 6) is -0.121. The molecule has 4 heterocycles. The third kappa shape index (κ3) is 3.13. The van der Waals surface area contributed by atoms with E-state index in [1.54, 1.807) is 18.3 Å². The summed E-state index contributed by atoms with van der Waals surface area (Å²) in [5, 5.41) is 8.57. The fourth-order valence-corrected chi connectivity index (χ4v) is 6.24. The van der Waals surface area contributed by atoms with Crippen LogP contribution in [0.1, 0.15) is 16.7 Å². The molecular formula is C26H19BrN6O4. The number of nitrogens with one attached hydrogen (secondary N) is 3. The van der Waals surface area contributed by atoms with Crippen molar-refractivity contribution in [1.29, 1.82) is 0 Å². The molecule has 0 saturated carbocycles. The van der Waals surface area contributed by atoms with E-state index in [0.29, 0.717) is 45.5 Å². The summed E-state index contributed by atoms with van der Waals surface area (Å²) >= 11 is 3.41. The number of rotatable bonds is 3. The highest BCUT2D eigenvalue weighted by molar-refractivity contribution is 9.10. The highest BCUT2D eigenvalue weighted by Crippen LogP contribution is 2.47. The zero-order valence-electron chi connectivity index (χ0n) is 19.3. The van der Waals surface area contributed by atoms with Crippen LogP contribution in [0.3, 0.4) is 0 Å². The molecule has 7 rings (SSSR count). The number of amides is 3. The van der Waals surface area contributed by atoms with Crippen LogP contribution in [-0.4, -0.2) is 31.8 Å². The second kappa shape index (κ2) is 7.62. The Bertz CT molecular complexity index is 1770. The van der Waals surface area contributed by atoms with Crippen LogP contribution < -0.4 is 21.6 Å². The Hall–Kier alpha value is -4.25. The standard InChI is InChI=1S/C26H19BrN6O4/c27-17-5-6-18-22-21(17)30-20(35)12-33(22)25(37)32(18)11-19(34)29-15-4-3-13-9-26(10-14(13)8-15)16-2-1-7-28-23(16)31-24(26)36/h1-8H,9-12H2,(H,29,34)(H,30,35)(H,28,31,36). The van der Waals surface area contributed by atoms with Crippen molar-refractivity contribution in [2.45, 2.75) is 31.3 Å². The molecule has 3 N–H and O–H groups in total. The van der Waals surface area contributed by atoms with E-state index in [1.165, 1.54) is 9.13 Å². The molecule has 1 atom stereocenters. The first-order valence-electron chi connectivity index (χ1n) is 11.7. The largest absolute Gasteiger partial charge is 0.330 e. The minimum Gasteiger partial charge on any atom is -0.325 e. The van der Waals surface area contributed by atoms with Crippen LogP contribution in [0.2, 0.25) is 0 Å². The monoisotopic (exact) mass is 558 g/mol. The Morgan fingerprint density at radius 3 is 2.78 bits per heavy atom. The normalized spacial score (nSPS) is 19.1. The minimum absolute atomic E-state index is 0.0601. The van der Waals surface area contributed by atoms with Gasteiger partial charge in [0.25, 0.3) is 0 Å². The first-order chi connectivity index (χ1) is 17.8. The molecule has 1 unspecified atom stereocenters. The summed E-state index contributed by atoms with van der Waals surface area (Å²) in [4.78, 5) is 55.5. The minimum atomic E-state index is -0.687. The summed E-state index contributed by atoms with van der Waals surface area (Å²) < 4.78 is 3.42. The molecule has 3 amide bonds. The van der Waals surface area contributed by atoms with Gasteiger partial charge in [0.2, 0.25) is 17.7 Å². The number of halogens is 1. The number of imidazole rings is 1. The zero-order valence-corrected chi connectivity index (χ0v) is 20.9. The van der Waals surface area contributed by atoms with Crippen LogP contribution in [0.4, 0.5) is 17.2 Å². The van der Waals surface area contributed by atoms with Gasteiger partial charge in [0.15, 0.2) is 0 Å². The van der Waals surface area contributed by atoms with Gasteiger partial charge in [-0.05, 0) is 70.2 Å². The topological polar surface area (TPSA) is 127 Å². The van der Waals surface area contributed by atoms with Crippen LogP contribution >= 0.6 is 15.9 Å². The SMILES string of the molecule is O=C(Cn1c(=O)n2c3c(c(Br)ccc31)NC(=O)C2)Nc1ccc2c(c1)CC1(C2)C(=O)Nc2ncccc21. The lowest BCUT2D eigenvalue weighted by molar-refractivity contribution is -0.120. The molecule has 2 aromatic heterocycles. The number of hydrogen-bond acceptors (Lipinski definition) is 5. The smallest absolute Gasteiger partial charge is 0.325 e. The molecule has 2 aromatic carbocycles. The predicted molar refractivity (Wildman–Crippen MR) is 140 cm³/mol. The zero-order chi connectivity index (χ0) is 25.5. The number of hydrogen-bond donors (Lipinski definition) is 3. The number of anilines is 3. The molecule has 1 spiro atoms. The Labute approximate surface area is 217 Å². The molecule has 10 nitrogen and oxygen atoms in total. The number of carbonyl (C=O) groups is 3. The Balaban J connectivity index is 1.16. The summed E-state index contributed by atoms with van der Waals surface area (Å²) in [6.45, 7) is -0.313. The van der Waals surface area contributed by atoms with Crippen molar-refractivity contribution < 1.29 is 14.4 Å². The molecule has 11 heteroatoms. The van der Waals surface area contributed by atoms with Crippen LogP contribution in [0.25, 0.3) is 11.0 Å². The molecule has 0 bridgehead atoms. The van der Waals surface area contributed by atoms with E-state index >= 15 is 0 Å². The van der Waals surface area contributed by atoms with Crippen molar-refractivity contribution in [1.82, 2.24) is 14.1 Å². The lowest BCUT2D eigenvalue weighted by Crippen LogP contribution is -2.35. The predicted octanol–water partition coefficient (Wildman–Crippen LogP) is 2.54. The van der Waals surface area contributed by atoms with Crippen LogP contribution in [0.5, 0.6) is 0 Å². The second-order valence-electron chi connectivity index (χ2n) is 9.61. The highest BCUT2D eigenvalue weighted by Gasteiger charge is 2.51. The van der Waals surface area contributed by atoms with Crippen LogP contribution in [0.15, 0.2) is 57.9 Å². The fraction of sp³-hybridized carbons (Fsp3) is 0.192. The number of nitrogens with zero attached hydrogens (tertiary/aromatic N) is 3. The van der Waals surface area contributed by atoms with Gasteiger partial charge in [0.05, 0.1) is 22.1 Å². The summed E-state index contributed by atoms with van der Waals surface area (Å²) in [7, 11) is 0. The third-order valence-electron chi connectivity index (χ3n) is 7.46. The molecule has 0 saturated heterocycles. The first-order valence-corrected chi connectivity index (χ1v) is 12.5. The molecule has 4 aromatic rings. The Morgan fingerprint density at radius 2 is 1.92 bits per heavy atom. The summed E-state index contributed by atoms with van der Waals surface area (Å²) in [6, 6.07) is 12.9. The number of aromatic nitrogens is 3. The number of fused-ring (bicyclic) bond motifs is 3. The van der Waals surface area contributed by atoms with Gasteiger partial charge in [-0.2, -0.15) is 0 Å². The average Bonchev–Trinajstić information content (AvgIpc) is 3.48. The highest BCUT2D eigenvalue weighted by atomic mass is 79.9. The van der Waals surface area contributed by atoms with Crippen molar-refractivity contribution >= 4 is 61.9 Å². The first kappa shape index (κ1) is 22.0. The molecule has 2 aliphatic heterocycles. The third-order valence-corrected chi connectivity index (χ3v) is 8.12. The quantitative estimate of drug-likeness (QED) is 0.356. The van der Waals surface area contributed by atoms with E-state index in [-0.39, 0.29) is 30.8 Å². The molecular weight excluding hydrogens is 540 g/mol. The van der Waals surface area contributed by atoms with E-state index in [9.17, 15) is 19.2 Å². The van der Waals surface area contributed by atoms with E-state index in [4.69, 9.17) is 0 Å². The van der Waals surface area contributed by atoms with Gasteiger partial charge >= 0.3 is 5.69 Å². The maximum absolute atomic E-state index is 13.1. The van der Waals surface area contributed by atoms with E-state index in [2.05, 4.69) is 36.9 Å². The molecule has 3 aliphatic rings. The van der Waals surface area contributed by atoms with Crippen molar-refractivity contribution in [2.24, 2.45) is 0 Å². The molecule has 1 aliphatic carbocycles. The Morgan fingerprint density at radius 1 is 1.08 bits per heavy atom. The van der Waals surface area contributed by atoms with Gasteiger partial charge in [-0.1, -0.05) is 12.1 Å². The lowest BCUT2D eigenvalue weighted by atomic mass is 9.79. The number of pyridine rings is 1.